The van der Waals surface area contributed by atoms with Crippen LogP contribution in [0.5, 0.6) is 0 Å². The van der Waals surface area contributed by atoms with Crippen molar-refractivity contribution in [2.45, 2.75) is 20.3 Å². The second-order valence-electron chi connectivity index (χ2n) is 1.38. The first-order valence-corrected chi connectivity index (χ1v) is 2.83. The van der Waals surface area contributed by atoms with Gasteiger partial charge in [-0.3, -0.25) is 0 Å². The highest BCUT2D eigenvalue weighted by atomic mass is 16.6. The van der Waals surface area contributed by atoms with Crippen LogP contribution < -0.4 is 0 Å². The molecular weight excluding hydrogens is 104 g/mol. The third-order valence-corrected chi connectivity index (χ3v) is 0.671. The Morgan fingerprint density at radius 1 is 1.62 bits per heavy atom. The molecule has 1 N–H and O–H groups in total. The number of rotatable bonds is 3. The Morgan fingerprint density at radius 3 is 2.62 bits per heavy atom. The van der Waals surface area contributed by atoms with Crippen molar-refractivity contribution in [1.82, 2.24) is 0 Å². The third kappa shape index (κ3) is 3.53. The van der Waals surface area contributed by atoms with E-state index in [1.807, 2.05) is 13.8 Å². The highest BCUT2D eigenvalue weighted by Gasteiger charge is 1.84. The molecule has 0 spiro atoms. The summed E-state index contributed by atoms with van der Waals surface area (Å²) in [5, 5.41) is 8.69. The Morgan fingerprint density at radius 2 is 2.25 bits per heavy atom. The summed E-state index contributed by atoms with van der Waals surface area (Å²) in [6.45, 7) is 4.30. The lowest BCUT2D eigenvalue weighted by molar-refractivity contribution is 0.101. The molecule has 0 bridgehead atoms. The largest absolute Gasteiger partial charge is 0.481 e. The molecule has 0 aromatic heterocycles. The van der Waals surface area contributed by atoms with Crippen molar-refractivity contribution in [3.63, 3.8) is 0 Å². The van der Waals surface area contributed by atoms with E-state index in [0.717, 1.165) is 6.42 Å². The lowest BCUT2D eigenvalue weighted by Crippen LogP contribution is -1.88. The maximum absolute atomic E-state index is 8.69. The summed E-state index contributed by atoms with van der Waals surface area (Å²) in [5.41, 5.74) is 0. The Kier molecular flexibility index (Phi) is 4.13. The van der Waals surface area contributed by atoms with Gasteiger partial charge in [0.25, 0.3) is 5.95 Å². The molecule has 2 heteroatoms. The van der Waals surface area contributed by atoms with Gasteiger partial charge in [0.2, 0.25) is 0 Å². The number of aliphatic hydroxyl groups excluding tert-OH is 1. The summed E-state index contributed by atoms with van der Waals surface area (Å²) in [5.74, 6) is 0.0370. The first-order valence-electron chi connectivity index (χ1n) is 2.83. The zero-order valence-electron chi connectivity index (χ0n) is 5.35. The van der Waals surface area contributed by atoms with Gasteiger partial charge in [0.15, 0.2) is 0 Å². The van der Waals surface area contributed by atoms with Gasteiger partial charge < -0.3 is 9.84 Å². The molecule has 8 heavy (non-hydrogen) atoms. The van der Waals surface area contributed by atoms with Crippen LogP contribution in [0.25, 0.3) is 0 Å². The monoisotopic (exact) mass is 116 g/mol. The van der Waals surface area contributed by atoms with Crippen LogP contribution in [-0.2, 0) is 4.74 Å². The fraction of sp³-hybridized carbons (Fsp3) is 0.667. The molecule has 0 fully saturated rings. The number of aliphatic hydroxyl groups is 1. The molecule has 48 valence electrons. The van der Waals surface area contributed by atoms with Crippen LogP contribution >= 0.6 is 0 Å². The second kappa shape index (κ2) is 4.50. The zero-order chi connectivity index (χ0) is 6.41. The van der Waals surface area contributed by atoms with Gasteiger partial charge in [-0.2, -0.15) is 0 Å². The van der Waals surface area contributed by atoms with E-state index >= 15 is 0 Å². The number of hydrogen-bond donors (Lipinski definition) is 1. The minimum atomic E-state index is 0.0370. The van der Waals surface area contributed by atoms with Crippen LogP contribution in [0.1, 0.15) is 20.3 Å². The van der Waals surface area contributed by atoms with Crippen LogP contribution in [0.3, 0.4) is 0 Å². The van der Waals surface area contributed by atoms with Gasteiger partial charge in [-0.05, 0) is 19.4 Å². The topological polar surface area (TPSA) is 29.5 Å². The number of ether oxygens (including phenoxy) is 1. The van der Waals surface area contributed by atoms with Gasteiger partial charge in [0, 0.05) is 0 Å². The fourth-order valence-electron chi connectivity index (χ4n) is 0.381. The quantitative estimate of drug-likeness (QED) is 0.570. The molecule has 0 rings (SSSR count). The molecule has 0 aliphatic carbocycles. The minimum Gasteiger partial charge on any atom is -0.481 e. The first-order chi connectivity index (χ1) is 3.81. The Bertz CT molecular complexity index is 76.6. The maximum atomic E-state index is 8.69. The average Bonchev–Trinajstić information content (AvgIpc) is 1.68. The molecule has 2 nitrogen and oxygen atoms in total. The Hall–Kier alpha value is -0.660. The zero-order valence-corrected chi connectivity index (χ0v) is 5.35. The Balaban J connectivity index is 3.29. The molecular formula is C6H12O2. The smallest absolute Gasteiger partial charge is 0.272 e. The van der Waals surface area contributed by atoms with Crippen molar-refractivity contribution in [3.05, 3.63) is 12.0 Å². The SMILES string of the molecule is CCC=C(O)OCC. The molecule has 0 unspecified atom stereocenters. The molecule has 0 heterocycles. The fourth-order valence-corrected chi connectivity index (χ4v) is 0.381. The van der Waals surface area contributed by atoms with Gasteiger partial charge in [0.1, 0.15) is 0 Å². The molecule has 0 aliphatic heterocycles. The van der Waals surface area contributed by atoms with E-state index < -0.39 is 0 Å². The third-order valence-electron chi connectivity index (χ3n) is 0.671. The highest BCUT2D eigenvalue weighted by molar-refractivity contribution is 4.78. The summed E-state index contributed by atoms with van der Waals surface area (Å²) in [6, 6.07) is 0. The summed E-state index contributed by atoms with van der Waals surface area (Å²) in [4.78, 5) is 0. The van der Waals surface area contributed by atoms with Gasteiger partial charge >= 0.3 is 0 Å². The molecule has 0 aromatic rings. The van der Waals surface area contributed by atoms with Gasteiger partial charge in [-0.15, -0.1) is 0 Å². The van der Waals surface area contributed by atoms with Crippen LogP contribution in [0.15, 0.2) is 12.0 Å². The molecule has 0 aliphatic rings. The van der Waals surface area contributed by atoms with Gasteiger partial charge in [-0.25, -0.2) is 0 Å². The van der Waals surface area contributed by atoms with Crippen molar-refractivity contribution in [3.8, 4) is 0 Å². The summed E-state index contributed by atoms with van der Waals surface area (Å²) in [7, 11) is 0. The second-order valence-corrected chi connectivity index (χ2v) is 1.38. The minimum absolute atomic E-state index is 0.0370. The van der Waals surface area contributed by atoms with E-state index in [1.54, 1.807) is 6.08 Å². The molecule has 0 atom stereocenters. The molecule has 0 saturated carbocycles. The van der Waals surface area contributed by atoms with E-state index in [4.69, 9.17) is 9.84 Å². The first kappa shape index (κ1) is 7.34. The van der Waals surface area contributed by atoms with Crippen LogP contribution in [0.4, 0.5) is 0 Å². The summed E-state index contributed by atoms with van der Waals surface area (Å²) in [6.07, 6.45) is 2.44. The average molecular weight is 116 g/mol. The number of hydrogen-bond acceptors (Lipinski definition) is 2. The maximum Gasteiger partial charge on any atom is 0.272 e. The summed E-state index contributed by atoms with van der Waals surface area (Å²) < 4.78 is 4.70. The molecule has 0 amide bonds. The normalized spacial score (nSPS) is 11.5. The van der Waals surface area contributed by atoms with Crippen molar-refractivity contribution in [1.29, 1.82) is 0 Å². The van der Waals surface area contributed by atoms with Crippen LogP contribution in [0, 0.1) is 0 Å². The van der Waals surface area contributed by atoms with Crippen LogP contribution in [0.2, 0.25) is 0 Å². The van der Waals surface area contributed by atoms with Crippen molar-refractivity contribution >= 4 is 0 Å². The molecule has 0 saturated heterocycles. The Labute approximate surface area is 49.8 Å². The standard InChI is InChI=1S/C6H12O2/c1-3-5-6(7)8-4-2/h5,7H,3-4H2,1-2H3. The lowest BCUT2D eigenvalue weighted by atomic mass is 10.5. The molecule has 0 aromatic carbocycles. The van der Waals surface area contributed by atoms with Gasteiger partial charge in [-0.1, -0.05) is 6.92 Å². The number of allylic oxidation sites excluding steroid dienone is 1. The van der Waals surface area contributed by atoms with Crippen molar-refractivity contribution in [2.24, 2.45) is 0 Å². The van der Waals surface area contributed by atoms with E-state index in [9.17, 15) is 0 Å². The van der Waals surface area contributed by atoms with E-state index in [1.165, 1.54) is 0 Å². The van der Waals surface area contributed by atoms with E-state index in [0.29, 0.717) is 6.61 Å². The highest BCUT2D eigenvalue weighted by Crippen LogP contribution is 1.91. The summed E-state index contributed by atoms with van der Waals surface area (Å²) >= 11 is 0. The molecule has 0 radical (unpaired) electrons. The predicted octanol–water partition coefficient (Wildman–Crippen LogP) is 1.83. The van der Waals surface area contributed by atoms with Crippen LogP contribution in [-0.4, -0.2) is 11.7 Å². The van der Waals surface area contributed by atoms with E-state index in [2.05, 4.69) is 0 Å². The predicted molar refractivity (Wildman–Crippen MR) is 32.6 cm³/mol. The van der Waals surface area contributed by atoms with Gasteiger partial charge in [0.05, 0.1) is 6.61 Å². The van der Waals surface area contributed by atoms with Crippen molar-refractivity contribution in [2.75, 3.05) is 6.61 Å². The lowest BCUT2D eigenvalue weighted by Gasteiger charge is -1.97. The van der Waals surface area contributed by atoms with E-state index in [-0.39, 0.29) is 5.95 Å². The van der Waals surface area contributed by atoms with Crippen molar-refractivity contribution < 1.29 is 9.84 Å².